The number of halogens is 1. The fraction of sp³-hybridized carbons (Fsp3) is 0.0435. The number of hydrogen-bond donors (Lipinski definition) is 2. The summed E-state index contributed by atoms with van der Waals surface area (Å²) < 4.78 is 5.89. The summed E-state index contributed by atoms with van der Waals surface area (Å²) in [6, 6.07) is 17.9. The molecule has 0 unspecified atom stereocenters. The first-order valence-corrected chi connectivity index (χ1v) is 9.83. The molecule has 1 heterocycles. The number of nitrogens with zero attached hydrogens (tertiary/aromatic N) is 2. The largest absolute Gasteiger partial charge is 0.507 e. The standard InChI is InChI=1S/C23H16ClN3O5/c1-13(28)25-23-26-21(14-6-8-15(24)9-7-14)22(32-23)19-5-3-2-4-17(19)18-11-10-16(27(30)31)12-20(18)29/h2-12,29H,1H3,(H,25,26,28). The summed E-state index contributed by atoms with van der Waals surface area (Å²) in [5.74, 6) is -0.243. The minimum absolute atomic E-state index is 0.0141. The number of oxazole rings is 1. The summed E-state index contributed by atoms with van der Waals surface area (Å²) in [5.41, 5.74) is 2.46. The van der Waals surface area contributed by atoms with Gasteiger partial charge in [-0.1, -0.05) is 48.0 Å². The Morgan fingerprint density at radius 2 is 1.75 bits per heavy atom. The van der Waals surface area contributed by atoms with Crippen molar-refractivity contribution in [1.82, 2.24) is 4.98 Å². The highest BCUT2D eigenvalue weighted by molar-refractivity contribution is 6.30. The number of non-ortho nitro benzene ring substituents is 1. The normalized spacial score (nSPS) is 10.7. The summed E-state index contributed by atoms with van der Waals surface area (Å²) in [7, 11) is 0. The van der Waals surface area contributed by atoms with Crippen molar-refractivity contribution in [1.29, 1.82) is 0 Å². The lowest BCUT2D eigenvalue weighted by Crippen LogP contribution is -2.05. The lowest BCUT2D eigenvalue weighted by molar-refractivity contribution is -0.384. The van der Waals surface area contributed by atoms with Gasteiger partial charge in [-0.15, -0.1) is 0 Å². The van der Waals surface area contributed by atoms with E-state index in [0.717, 1.165) is 6.07 Å². The molecule has 8 nitrogen and oxygen atoms in total. The molecule has 2 N–H and O–H groups in total. The van der Waals surface area contributed by atoms with Gasteiger partial charge in [0.15, 0.2) is 5.76 Å². The minimum Gasteiger partial charge on any atom is -0.507 e. The van der Waals surface area contributed by atoms with E-state index in [-0.39, 0.29) is 23.4 Å². The summed E-state index contributed by atoms with van der Waals surface area (Å²) in [6.07, 6.45) is 0. The second-order valence-corrected chi connectivity index (χ2v) is 7.33. The van der Waals surface area contributed by atoms with Gasteiger partial charge in [-0.25, -0.2) is 0 Å². The van der Waals surface area contributed by atoms with E-state index in [9.17, 15) is 20.0 Å². The quantitative estimate of drug-likeness (QED) is 0.289. The first-order chi connectivity index (χ1) is 15.3. The molecule has 0 fully saturated rings. The molecular formula is C23H16ClN3O5. The Morgan fingerprint density at radius 1 is 1.06 bits per heavy atom. The highest BCUT2D eigenvalue weighted by Gasteiger charge is 2.22. The Kier molecular flexibility index (Phi) is 5.61. The molecule has 0 radical (unpaired) electrons. The van der Waals surface area contributed by atoms with Crippen molar-refractivity contribution >= 4 is 29.2 Å². The zero-order chi connectivity index (χ0) is 22.8. The van der Waals surface area contributed by atoms with Crippen LogP contribution in [-0.2, 0) is 4.79 Å². The molecule has 4 rings (SSSR count). The van der Waals surface area contributed by atoms with E-state index in [4.69, 9.17) is 16.0 Å². The van der Waals surface area contributed by atoms with E-state index in [0.29, 0.717) is 38.7 Å². The summed E-state index contributed by atoms with van der Waals surface area (Å²) in [6.45, 7) is 1.34. The maximum absolute atomic E-state index is 11.6. The highest BCUT2D eigenvalue weighted by atomic mass is 35.5. The number of phenolic OH excluding ortho intramolecular Hbond substituents is 1. The molecule has 1 aromatic heterocycles. The van der Waals surface area contributed by atoms with Crippen LogP contribution in [0.25, 0.3) is 33.7 Å². The maximum Gasteiger partial charge on any atom is 0.302 e. The fourth-order valence-corrected chi connectivity index (χ4v) is 3.41. The van der Waals surface area contributed by atoms with Crippen LogP contribution in [0.15, 0.2) is 71.1 Å². The van der Waals surface area contributed by atoms with Crippen molar-refractivity contribution in [3.63, 3.8) is 0 Å². The van der Waals surface area contributed by atoms with E-state index < -0.39 is 4.92 Å². The van der Waals surface area contributed by atoms with Crippen LogP contribution in [0.3, 0.4) is 0 Å². The Morgan fingerprint density at radius 3 is 2.38 bits per heavy atom. The predicted octanol–water partition coefficient (Wildman–Crippen LogP) is 5.90. The molecule has 0 spiro atoms. The summed E-state index contributed by atoms with van der Waals surface area (Å²) in [4.78, 5) is 26.4. The van der Waals surface area contributed by atoms with Crippen molar-refractivity contribution in [2.45, 2.75) is 6.92 Å². The topological polar surface area (TPSA) is 118 Å². The monoisotopic (exact) mass is 449 g/mol. The Balaban J connectivity index is 1.91. The molecule has 3 aromatic carbocycles. The number of carbonyl (C=O) groups excluding carboxylic acids is 1. The molecule has 0 saturated carbocycles. The number of benzene rings is 3. The van der Waals surface area contributed by atoms with Crippen LogP contribution in [0, 0.1) is 10.1 Å². The number of phenols is 1. The number of anilines is 1. The first kappa shape index (κ1) is 21.1. The number of aromatic hydroxyl groups is 1. The Labute approximate surface area is 187 Å². The number of aromatic nitrogens is 1. The second-order valence-electron chi connectivity index (χ2n) is 6.89. The van der Waals surface area contributed by atoms with Crippen molar-refractivity contribution in [3.8, 4) is 39.5 Å². The van der Waals surface area contributed by atoms with Crippen molar-refractivity contribution < 1.29 is 19.2 Å². The number of hydrogen-bond acceptors (Lipinski definition) is 6. The molecule has 0 aliphatic rings. The molecule has 9 heteroatoms. The zero-order valence-electron chi connectivity index (χ0n) is 16.7. The second kappa shape index (κ2) is 8.52. The van der Waals surface area contributed by atoms with Gasteiger partial charge in [-0.3, -0.25) is 20.2 Å². The van der Waals surface area contributed by atoms with Gasteiger partial charge in [0.1, 0.15) is 11.4 Å². The van der Waals surface area contributed by atoms with Gasteiger partial charge in [-0.2, -0.15) is 4.98 Å². The third-order valence-electron chi connectivity index (χ3n) is 4.68. The van der Waals surface area contributed by atoms with Gasteiger partial charge in [0.2, 0.25) is 5.91 Å². The third-order valence-corrected chi connectivity index (χ3v) is 4.93. The van der Waals surface area contributed by atoms with E-state index in [1.54, 1.807) is 48.5 Å². The van der Waals surface area contributed by atoms with Crippen LogP contribution >= 0.6 is 11.6 Å². The van der Waals surface area contributed by atoms with Gasteiger partial charge in [0.25, 0.3) is 5.69 Å². The van der Waals surface area contributed by atoms with Gasteiger partial charge in [0.05, 0.1) is 11.0 Å². The van der Waals surface area contributed by atoms with Crippen molar-refractivity contribution in [2.75, 3.05) is 5.32 Å². The van der Waals surface area contributed by atoms with E-state index >= 15 is 0 Å². The number of carbonyl (C=O) groups is 1. The van der Waals surface area contributed by atoms with Crippen LogP contribution in [0.4, 0.5) is 11.7 Å². The highest BCUT2D eigenvalue weighted by Crippen LogP contribution is 2.42. The van der Waals surface area contributed by atoms with Crippen molar-refractivity contribution in [2.24, 2.45) is 0 Å². The van der Waals surface area contributed by atoms with Crippen LogP contribution < -0.4 is 5.32 Å². The number of rotatable bonds is 5. The molecule has 0 atom stereocenters. The average molecular weight is 450 g/mol. The Bertz CT molecular complexity index is 1330. The van der Waals surface area contributed by atoms with Crippen LogP contribution in [-0.4, -0.2) is 20.9 Å². The van der Waals surface area contributed by atoms with Gasteiger partial charge < -0.3 is 9.52 Å². The van der Waals surface area contributed by atoms with Gasteiger partial charge in [-0.05, 0) is 23.8 Å². The van der Waals surface area contributed by atoms with Crippen LogP contribution in [0.2, 0.25) is 5.02 Å². The number of nitro groups is 1. The smallest absolute Gasteiger partial charge is 0.302 e. The van der Waals surface area contributed by atoms with E-state index in [1.807, 2.05) is 0 Å². The van der Waals surface area contributed by atoms with Crippen LogP contribution in [0.5, 0.6) is 5.75 Å². The molecule has 32 heavy (non-hydrogen) atoms. The van der Waals surface area contributed by atoms with Gasteiger partial charge in [0, 0.05) is 34.7 Å². The molecule has 4 aromatic rings. The lowest BCUT2D eigenvalue weighted by Gasteiger charge is -2.10. The average Bonchev–Trinajstić information content (AvgIpc) is 3.17. The number of nitro benzene ring substituents is 1. The molecule has 160 valence electrons. The molecule has 1 amide bonds. The third kappa shape index (κ3) is 4.17. The SMILES string of the molecule is CC(=O)Nc1nc(-c2ccc(Cl)cc2)c(-c2ccccc2-c2ccc([N+](=O)[O-])cc2O)o1. The summed E-state index contributed by atoms with van der Waals surface area (Å²) in [5, 5.41) is 24.6. The minimum atomic E-state index is -0.579. The lowest BCUT2D eigenvalue weighted by atomic mass is 9.95. The first-order valence-electron chi connectivity index (χ1n) is 9.45. The fourth-order valence-electron chi connectivity index (χ4n) is 3.29. The number of nitrogens with one attached hydrogen (secondary N) is 1. The molecule has 0 aliphatic heterocycles. The molecule has 0 aliphatic carbocycles. The number of amides is 1. The molecule has 0 saturated heterocycles. The molecule has 0 bridgehead atoms. The Hall–Kier alpha value is -4.17. The zero-order valence-corrected chi connectivity index (χ0v) is 17.5. The predicted molar refractivity (Wildman–Crippen MR) is 120 cm³/mol. The van der Waals surface area contributed by atoms with E-state index in [1.165, 1.54) is 19.1 Å². The van der Waals surface area contributed by atoms with E-state index in [2.05, 4.69) is 10.3 Å². The summed E-state index contributed by atoms with van der Waals surface area (Å²) >= 11 is 6.01. The molecular weight excluding hydrogens is 434 g/mol. The maximum atomic E-state index is 11.6. The van der Waals surface area contributed by atoms with Crippen molar-refractivity contribution in [3.05, 3.63) is 81.9 Å². The van der Waals surface area contributed by atoms with Gasteiger partial charge >= 0.3 is 6.01 Å². The van der Waals surface area contributed by atoms with Crippen LogP contribution in [0.1, 0.15) is 6.92 Å².